The Hall–Kier alpha value is -0.860. The molecule has 1 aromatic carbocycles. The summed E-state index contributed by atoms with van der Waals surface area (Å²) in [6.07, 6.45) is 8.13. The van der Waals surface area contributed by atoms with Crippen molar-refractivity contribution >= 4 is 0 Å². The second kappa shape index (κ2) is 8.55. The van der Waals surface area contributed by atoms with E-state index < -0.39 is 0 Å². The summed E-state index contributed by atoms with van der Waals surface area (Å²) in [5.74, 6) is 0.693. The van der Waals surface area contributed by atoms with Crippen molar-refractivity contribution in [3.8, 4) is 0 Å². The number of methoxy groups -OCH3 is 1. The van der Waals surface area contributed by atoms with Crippen LogP contribution in [-0.2, 0) is 11.2 Å². The van der Waals surface area contributed by atoms with Crippen molar-refractivity contribution in [2.24, 2.45) is 5.92 Å². The summed E-state index contributed by atoms with van der Waals surface area (Å²) < 4.78 is 5.95. The molecule has 1 fully saturated rings. The van der Waals surface area contributed by atoms with Crippen LogP contribution in [0.25, 0.3) is 0 Å². The van der Waals surface area contributed by atoms with Crippen LogP contribution in [0.15, 0.2) is 24.3 Å². The lowest BCUT2D eigenvalue weighted by Gasteiger charge is -2.35. The molecule has 2 unspecified atom stereocenters. The minimum Gasteiger partial charge on any atom is -0.379 e. The van der Waals surface area contributed by atoms with Crippen molar-refractivity contribution in [3.63, 3.8) is 0 Å². The van der Waals surface area contributed by atoms with E-state index in [0.29, 0.717) is 12.0 Å². The molecule has 2 atom stereocenters. The fourth-order valence-corrected chi connectivity index (χ4v) is 3.67. The number of nitrogens with one attached hydrogen (secondary N) is 1. The second-order valence-corrected chi connectivity index (χ2v) is 6.23. The molecule has 2 heteroatoms. The third-order valence-electron chi connectivity index (χ3n) is 4.89. The normalized spacial score (nSPS) is 19.4. The molecule has 0 aliphatic heterocycles. The predicted octanol–water partition coefficient (Wildman–Crippen LogP) is 4.49. The molecule has 1 aliphatic rings. The average Bonchev–Trinajstić information content (AvgIpc) is 2.56. The Bertz CT molecular complexity index is 395. The third kappa shape index (κ3) is 4.31. The molecule has 0 spiro atoms. The first kappa shape index (κ1) is 16.5. The van der Waals surface area contributed by atoms with Crippen LogP contribution in [0.1, 0.15) is 63.1 Å². The second-order valence-electron chi connectivity index (χ2n) is 6.23. The van der Waals surface area contributed by atoms with Crippen LogP contribution in [-0.4, -0.2) is 19.8 Å². The Balaban J connectivity index is 2.17. The maximum atomic E-state index is 5.95. The lowest BCUT2D eigenvalue weighted by Crippen LogP contribution is -2.39. The van der Waals surface area contributed by atoms with Gasteiger partial charge >= 0.3 is 0 Å². The number of likely N-dealkylation sites (N-methyl/N-ethyl adjacent to an activating group) is 1. The van der Waals surface area contributed by atoms with Crippen LogP contribution in [0.4, 0.5) is 0 Å². The van der Waals surface area contributed by atoms with E-state index in [-0.39, 0.29) is 6.10 Å². The largest absolute Gasteiger partial charge is 0.379 e. The van der Waals surface area contributed by atoms with Gasteiger partial charge in [-0.05, 0) is 42.9 Å². The van der Waals surface area contributed by atoms with Crippen LogP contribution in [0.2, 0.25) is 0 Å². The van der Waals surface area contributed by atoms with Crippen molar-refractivity contribution in [2.75, 3.05) is 13.7 Å². The summed E-state index contributed by atoms with van der Waals surface area (Å²) in [6.45, 7) is 5.37. The highest BCUT2D eigenvalue weighted by Gasteiger charge is 2.31. The highest BCUT2D eigenvalue weighted by Crippen LogP contribution is 2.34. The van der Waals surface area contributed by atoms with Crippen LogP contribution in [0.5, 0.6) is 0 Å². The van der Waals surface area contributed by atoms with Gasteiger partial charge in [0.2, 0.25) is 0 Å². The van der Waals surface area contributed by atoms with Crippen LogP contribution in [0.3, 0.4) is 0 Å². The van der Waals surface area contributed by atoms with E-state index in [1.807, 2.05) is 7.11 Å². The van der Waals surface area contributed by atoms with Crippen LogP contribution < -0.4 is 5.32 Å². The lowest BCUT2D eigenvalue weighted by atomic mass is 9.81. The number of rotatable bonds is 7. The van der Waals surface area contributed by atoms with Gasteiger partial charge < -0.3 is 10.1 Å². The number of aryl methyl sites for hydroxylation is 1. The maximum Gasteiger partial charge on any atom is 0.0794 e. The van der Waals surface area contributed by atoms with E-state index in [2.05, 4.69) is 43.4 Å². The highest BCUT2D eigenvalue weighted by atomic mass is 16.5. The third-order valence-corrected chi connectivity index (χ3v) is 4.89. The van der Waals surface area contributed by atoms with Crippen molar-refractivity contribution in [1.82, 2.24) is 5.32 Å². The molecule has 0 saturated heterocycles. The van der Waals surface area contributed by atoms with Gasteiger partial charge in [0.25, 0.3) is 0 Å². The van der Waals surface area contributed by atoms with Gasteiger partial charge in [0.1, 0.15) is 0 Å². The highest BCUT2D eigenvalue weighted by molar-refractivity contribution is 5.26. The van der Waals surface area contributed by atoms with Gasteiger partial charge in [-0.15, -0.1) is 0 Å². The number of benzene rings is 1. The van der Waals surface area contributed by atoms with Gasteiger partial charge in [-0.2, -0.15) is 0 Å². The van der Waals surface area contributed by atoms with E-state index in [1.54, 1.807) is 0 Å². The predicted molar refractivity (Wildman–Crippen MR) is 89.6 cm³/mol. The van der Waals surface area contributed by atoms with Crippen molar-refractivity contribution < 1.29 is 4.74 Å². The van der Waals surface area contributed by atoms with Crippen molar-refractivity contribution in [1.29, 1.82) is 0 Å². The number of ether oxygens (including phenoxy) is 1. The molecular weight excluding hydrogens is 258 g/mol. The smallest absolute Gasteiger partial charge is 0.0794 e. The average molecular weight is 289 g/mol. The Labute approximate surface area is 130 Å². The monoisotopic (exact) mass is 289 g/mol. The molecule has 1 N–H and O–H groups in total. The molecular formula is C19H31NO. The topological polar surface area (TPSA) is 21.3 Å². The first-order chi connectivity index (χ1) is 10.3. The van der Waals surface area contributed by atoms with Gasteiger partial charge in [-0.1, -0.05) is 57.4 Å². The van der Waals surface area contributed by atoms with E-state index >= 15 is 0 Å². The molecule has 1 aromatic rings. The number of hydrogen-bond donors (Lipinski definition) is 1. The Morgan fingerprint density at radius 3 is 2.29 bits per heavy atom. The van der Waals surface area contributed by atoms with E-state index in [0.717, 1.165) is 13.0 Å². The number of hydrogen-bond acceptors (Lipinski definition) is 2. The first-order valence-electron chi connectivity index (χ1n) is 8.65. The summed E-state index contributed by atoms with van der Waals surface area (Å²) in [4.78, 5) is 0. The Kier molecular flexibility index (Phi) is 6.72. The zero-order valence-corrected chi connectivity index (χ0v) is 13.9. The summed E-state index contributed by atoms with van der Waals surface area (Å²) >= 11 is 0. The van der Waals surface area contributed by atoms with Crippen LogP contribution >= 0.6 is 0 Å². The van der Waals surface area contributed by atoms with Crippen molar-refractivity contribution in [3.05, 3.63) is 35.4 Å². The van der Waals surface area contributed by atoms with Crippen molar-refractivity contribution in [2.45, 2.75) is 64.5 Å². The standard InChI is InChI=1S/C19H31NO/c1-4-15-11-13-16(14-12-15)18(20-5-2)19(21-3)17-9-7-6-8-10-17/h11-14,17-20H,4-10H2,1-3H3. The molecule has 2 rings (SSSR count). The minimum absolute atomic E-state index is 0.290. The molecule has 118 valence electrons. The molecule has 0 heterocycles. The maximum absolute atomic E-state index is 5.95. The molecule has 1 saturated carbocycles. The van der Waals surface area contributed by atoms with Gasteiger partial charge in [0, 0.05) is 7.11 Å². The quantitative estimate of drug-likeness (QED) is 0.798. The zero-order chi connectivity index (χ0) is 15.1. The molecule has 0 radical (unpaired) electrons. The molecule has 21 heavy (non-hydrogen) atoms. The van der Waals surface area contributed by atoms with Gasteiger partial charge in [0.05, 0.1) is 12.1 Å². The molecule has 1 aliphatic carbocycles. The SMILES string of the molecule is CCNC(c1ccc(CC)cc1)C(OC)C1CCCCC1. The minimum atomic E-state index is 0.290. The fraction of sp³-hybridized carbons (Fsp3) is 0.684. The lowest BCUT2D eigenvalue weighted by molar-refractivity contribution is 0.00792. The van der Waals surface area contributed by atoms with Gasteiger partial charge in [-0.3, -0.25) is 0 Å². The molecule has 0 aromatic heterocycles. The Morgan fingerprint density at radius 2 is 1.76 bits per heavy atom. The Morgan fingerprint density at radius 1 is 1.10 bits per heavy atom. The summed E-state index contributed by atoms with van der Waals surface area (Å²) in [6, 6.07) is 9.39. The zero-order valence-electron chi connectivity index (χ0n) is 13.9. The van der Waals surface area contributed by atoms with E-state index in [4.69, 9.17) is 4.74 Å². The summed E-state index contributed by atoms with van der Waals surface area (Å²) in [7, 11) is 1.88. The van der Waals surface area contributed by atoms with E-state index in [1.165, 1.54) is 43.2 Å². The van der Waals surface area contributed by atoms with E-state index in [9.17, 15) is 0 Å². The first-order valence-corrected chi connectivity index (χ1v) is 8.65. The van der Waals surface area contributed by atoms with Gasteiger partial charge in [0.15, 0.2) is 0 Å². The summed E-state index contributed by atoms with van der Waals surface area (Å²) in [5.41, 5.74) is 2.77. The molecule has 2 nitrogen and oxygen atoms in total. The fourth-order valence-electron chi connectivity index (χ4n) is 3.67. The molecule has 0 amide bonds. The van der Waals surface area contributed by atoms with Crippen LogP contribution in [0, 0.1) is 5.92 Å². The summed E-state index contributed by atoms with van der Waals surface area (Å²) in [5, 5.41) is 3.66. The van der Waals surface area contributed by atoms with Gasteiger partial charge in [-0.25, -0.2) is 0 Å². The molecule has 0 bridgehead atoms.